The number of amides is 1. The second-order valence-corrected chi connectivity index (χ2v) is 6.67. The molecule has 2 aromatic rings. The van der Waals surface area contributed by atoms with Gasteiger partial charge in [-0.3, -0.25) is 19.2 Å². The molecule has 0 aliphatic heterocycles. The SMILES string of the molecule is COC(=O)CNC(=O)CCCC1=C(C)C(=O)c2ccccc2C1=O.c1ccccc1. The molecule has 3 rings (SSSR count). The minimum Gasteiger partial charge on any atom is -0.468 e. The normalized spacial score (nSPS) is 12.5. The lowest BCUT2D eigenvalue weighted by Gasteiger charge is -2.18. The molecule has 1 aliphatic carbocycles. The molecule has 30 heavy (non-hydrogen) atoms. The van der Waals surface area contributed by atoms with E-state index in [1.54, 1.807) is 31.2 Å². The van der Waals surface area contributed by atoms with Crippen molar-refractivity contribution in [2.75, 3.05) is 13.7 Å². The minimum absolute atomic E-state index is 0.143. The van der Waals surface area contributed by atoms with E-state index in [4.69, 9.17) is 0 Å². The number of ketones is 2. The number of benzene rings is 2. The lowest BCUT2D eigenvalue weighted by atomic mass is 9.83. The molecule has 0 radical (unpaired) electrons. The maximum Gasteiger partial charge on any atom is 0.325 e. The van der Waals surface area contributed by atoms with Crippen molar-refractivity contribution < 1.29 is 23.9 Å². The van der Waals surface area contributed by atoms with Crippen molar-refractivity contribution >= 4 is 23.4 Å². The number of rotatable bonds is 6. The molecule has 6 heteroatoms. The highest BCUT2D eigenvalue weighted by Crippen LogP contribution is 2.28. The standard InChI is InChI=1S/C18H19NO5.C6H6/c1-11-12(8-5-9-15(20)19-10-16(21)24-2)18(23)14-7-4-3-6-13(14)17(11)22;1-2-4-6-5-3-1/h3-4,6-7H,5,8-10H2,1-2H3,(H,19,20);1-6H. The first-order valence-electron chi connectivity index (χ1n) is 9.67. The molecule has 0 fully saturated rings. The van der Waals surface area contributed by atoms with Gasteiger partial charge < -0.3 is 10.1 Å². The van der Waals surface area contributed by atoms with Crippen molar-refractivity contribution in [1.82, 2.24) is 5.32 Å². The van der Waals surface area contributed by atoms with Gasteiger partial charge in [-0.25, -0.2) is 0 Å². The molecule has 1 amide bonds. The van der Waals surface area contributed by atoms with Gasteiger partial charge in [-0.05, 0) is 19.8 Å². The zero-order valence-electron chi connectivity index (χ0n) is 17.1. The summed E-state index contributed by atoms with van der Waals surface area (Å²) in [6.45, 7) is 1.46. The fourth-order valence-corrected chi connectivity index (χ4v) is 2.99. The summed E-state index contributed by atoms with van der Waals surface area (Å²) in [5, 5.41) is 2.44. The van der Waals surface area contributed by atoms with Crippen molar-refractivity contribution in [2.45, 2.75) is 26.2 Å². The van der Waals surface area contributed by atoms with Gasteiger partial charge in [0.1, 0.15) is 6.54 Å². The van der Waals surface area contributed by atoms with E-state index in [-0.39, 0.29) is 30.4 Å². The molecule has 0 atom stereocenters. The smallest absolute Gasteiger partial charge is 0.325 e. The number of hydrogen-bond acceptors (Lipinski definition) is 5. The first kappa shape index (κ1) is 22.7. The Hall–Kier alpha value is -3.54. The van der Waals surface area contributed by atoms with E-state index in [1.165, 1.54) is 7.11 Å². The minimum atomic E-state index is -0.522. The molecule has 0 aromatic heterocycles. The van der Waals surface area contributed by atoms with Gasteiger partial charge in [-0.1, -0.05) is 60.7 Å². The van der Waals surface area contributed by atoms with Gasteiger partial charge >= 0.3 is 5.97 Å². The monoisotopic (exact) mass is 407 g/mol. The molecule has 0 saturated carbocycles. The highest BCUT2D eigenvalue weighted by atomic mass is 16.5. The van der Waals surface area contributed by atoms with Gasteiger partial charge in [-0.15, -0.1) is 0 Å². The number of carbonyl (C=O) groups excluding carboxylic acids is 4. The topological polar surface area (TPSA) is 89.5 Å². The second kappa shape index (κ2) is 11.5. The molecular formula is C24H25NO5. The number of nitrogens with one attached hydrogen (secondary N) is 1. The van der Waals surface area contributed by atoms with Crippen LogP contribution in [0.1, 0.15) is 46.9 Å². The molecule has 0 saturated heterocycles. The second-order valence-electron chi connectivity index (χ2n) is 6.67. The number of hydrogen-bond donors (Lipinski definition) is 1. The van der Waals surface area contributed by atoms with Crippen molar-refractivity contribution in [1.29, 1.82) is 0 Å². The summed E-state index contributed by atoms with van der Waals surface area (Å²) in [6.07, 6.45) is 0.925. The van der Waals surface area contributed by atoms with Crippen LogP contribution in [0.25, 0.3) is 0 Å². The first-order valence-corrected chi connectivity index (χ1v) is 9.67. The van der Waals surface area contributed by atoms with Crippen LogP contribution >= 0.6 is 0 Å². The highest BCUT2D eigenvalue weighted by molar-refractivity contribution is 6.26. The molecule has 0 unspecified atom stereocenters. The number of allylic oxidation sites excluding steroid dienone is 2. The summed E-state index contributed by atoms with van der Waals surface area (Å²) in [5.41, 5.74) is 1.74. The number of esters is 1. The van der Waals surface area contributed by atoms with Crippen LogP contribution in [0.5, 0.6) is 0 Å². The Balaban J connectivity index is 0.000000456. The molecule has 1 aliphatic rings. The maximum absolute atomic E-state index is 12.5. The van der Waals surface area contributed by atoms with E-state index in [0.717, 1.165) is 0 Å². The highest BCUT2D eigenvalue weighted by Gasteiger charge is 2.28. The van der Waals surface area contributed by atoms with Gasteiger partial charge in [0, 0.05) is 28.7 Å². The summed E-state index contributed by atoms with van der Waals surface area (Å²) < 4.78 is 4.43. The Morgan fingerprint density at radius 1 is 0.867 bits per heavy atom. The van der Waals surface area contributed by atoms with Crippen molar-refractivity contribution in [3.05, 3.63) is 82.9 Å². The molecule has 0 heterocycles. The summed E-state index contributed by atoms with van der Waals surface area (Å²) in [5.74, 6) is -1.12. The lowest BCUT2D eigenvalue weighted by Crippen LogP contribution is -2.30. The van der Waals surface area contributed by atoms with Gasteiger partial charge in [0.25, 0.3) is 0 Å². The number of carbonyl (C=O) groups is 4. The number of ether oxygens (including phenoxy) is 1. The molecule has 156 valence electrons. The Morgan fingerprint density at radius 3 is 1.93 bits per heavy atom. The predicted molar refractivity (Wildman–Crippen MR) is 113 cm³/mol. The van der Waals surface area contributed by atoms with E-state index in [1.807, 2.05) is 36.4 Å². The first-order chi connectivity index (χ1) is 14.5. The van der Waals surface area contributed by atoms with Crippen LogP contribution in [0.4, 0.5) is 0 Å². The third-order valence-corrected chi connectivity index (χ3v) is 4.64. The average molecular weight is 407 g/mol. The quantitative estimate of drug-likeness (QED) is 0.740. The van der Waals surface area contributed by atoms with Crippen LogP contribution in [-0.4, -0.2) is 37.1 Å². The van der Waals surface area contributed by atoms with Crippen molar-refractivity contribution in [3.8, 4) is 0 Å². The van der Waals surface area contributed by atoms with Crippen molar-refractivity contribution in [3.63, 3.8) is 0 Å². The summed E-state index contributed by atoms with van der Waals surface area (Å²) in [4.78, 5) is 47.5. The summed E-state index contributed by atoms with van der Waals surface area (Å²) in [6, 6.07) is 18.7. The van der Waals surface area contributed by atoms with Gasteiger partial charge in [0.05, 0.1) is 7.11 Å². The van der Waals surface area contributed by atoms with Gasteiger partial charge in [-0.2, -0.15) is 0 Å². The zero-order valence-corrected chi connectivity index (χ0v) is 17.1. The van der Waals surface area contributed by atoms with E-state index in [9.17, 15) is 19.2 Å². The Labute approximate surface area is 175 Å². The Kier molecular flexibility index (Phi) is 8.69. The van der Waals surface area contributed by atoms with E-state index in [0.29, 0.717) is 35.1 Å². The maximum atomic E-state index is 12.5. The van der Waals surface area contributed by atoms with Crippen LogP contribution in [0, 0.1) is 0 Å². The number of Topliss-reactive ketones (excluding diaryl/α,β-unsaturated/α-hetero) is 2. The van der Waals surface area contributed by atoms with Crippen LogP contribution in [-0.2, 0) is 14.3 Å². The largest absolute Gasteiger partial charge is 0.468 e. The Bertz CT molecular complexity index is 920. The third kappa shape index (κ3) is 6.24. The van der Waals surface area contributed by atoms with E-state index < -0.39 is 5.97 Å². The number of fused-ring (bicyclic) bond motifs is 1. The Morgan fingerprint density at radius 2 is 1.40 bits per heavy atom. The molecular weight excluding hydrogens is 382 g/mol. The van der Waals surface area contributed by atoms with E-state index in [2.05, 4.69) is 10.1 Å². The third-order valence-electron chi connectivity index (χ3n) is 4.64. The molecule has 0 spiro atoms. The van der Waals surface area contributed by atoms with Crippen LogP contribution in [0.15, 0.2) is 71.8 Å². The lowest BCUT2D eigenvalue weighted by molar-refractivity contribution is -0.141. The summed E-state index contributed by atoms with van der Waals surface area (Å²) in [7, 11) is 1.24. The van der Waals surface area contributed by atoms with Gasteiger partial charge in [0.2, 0.25) is 5.91 Å². The molecule has 1 N–H and O–H groups in total. The zero-order chi connectivity index (χ0) is 21.9. The number of methoxy groups -OCH3 is 1. The fraction of sp³-hybridized carbons (Fsp3) is 0.250. The molecule has 6 nitrogen and oxygen atoms in total. The van der Waals surface area contributed by atoms with Crippen LogP contribution in [0.3, 0.4) is 0 Å². The van der Waals surface area contributed by atoms with Gasteiger partial charge in [0.15, 0.2) is 11.6 Å². The van der Waals surface area contributed by atoms with E-state index >= 15 is 0 Å². The molecule has 0 bridgehead atoms. The fourth-order valence-electron chi connectivity index (χ4n) is 2.99. The predicted octanol–water partition coefficient (Wildman–Crippen LogP) is 3.53. The average Bonchev–Trinajstić information content (AvgIpc) is 2.79. The summed E-state index contributed by atoms with van der Waals surface area (Å²) >= 11 is 0. The van der Waals surface area contributed by atoms with Crippen LogP contribution < -0.4 is 5.32 Å². The van der Waals surface area contributed by atoms with Crippen molar-refractivity contribution in [2.24, 2.45) is 0 Å². The molecule has 2 aromatic carbocycles. The van der Waals surface area contributed by atoms with Crippen LogP contribution in [0.2, 0.25) is 0 Å².